The zero-order valence-corrected chi connectivity index (χ0v) is 15.8. The van der Waals surface area contributed by atoms with Crippen LogP contribution in [0.4, 0.5) is 4.39 Å². The Hall–Kier alpha value is -3.61. The molecule has 0 unspecified atom stereocenters. The summed E-state index contributed by atoms with van der Waals surface area (Å²) in [7, 11) is 0. The quantitative estimate of drug-likeness (QED) is 0.206. The van der Waals surface area contributed by atoms with Gasteiger partial charge in [0, 0.05) is 11.6 Å². The first-order chi connectivity index (χ1) is 13.4. The fourth-order valence-electron chi connectivity index (χ4n) is 2.55. The lowest BCUT2D eigenvalue weighted by Gasteiger charge is -2.06. The van der Waals surface area contributed by atoms with E-state index in [4.69, 9.17) is 4.74 Å². The summed E-state index contributed by atoms with van der Waals surface area (Å²) in [5.74, 6) is -0.285. The molecule has 3 aromatic rings. The number of hydrogen-bond donors (Lipinski definition) is 0. The third kappa shape index (κ3) is 4.03. The molecular weight excluding hydrogens is 359 g/mol. The topological polar surface area (TPSA) is 68.8 Å². The van der Waals surface area contributed by atoms with Crippen molar-refractivity contribution in [3.63, 3.8) is 0 Å². The van der Waals surface area contributed by atoms with E-state index in [-0.39, 0.29) is 11.3 Å². The fraction of sp³-hybridized carbons (Fsp3) is 0.143. The summed E-state index contributed by atoms with van der Waals surface area (Å²) in [4.78, 5) is 19.1. The van der Waals surface area contributed by atoms with Crippen LogP contribution in [-0.4, -0.2) is 27.1 Å². The molecule has 0 N–H and O–H groups in total. The second-order valence-electron chi connectivity index (χ2n) is 6.35. The number of ketones is 1. The van der Waals surface area contributed by atoms with E-state index in [1.54, 1.807) is 41.2 Å². The molecule has 28 heavy (non-hydrogen) atoms. The molecule has 0 spiro atoms. The number of rotatable bonds is 6. The molecule has 0 aliphatic heterocycles. The van der Waals surface area contributed by atoms with Crippen LogP contribution in [0.2, 0.25) is 0 Å². The van der Waals surface area contributed by atoms with E-state index in [1.165, 1.54) is 13.0 Å². The molecule has 3 aromatic heterocycles. The first-order valence-corrected chi connectivity index (χ1v) is 8.54. The highest BCUT2D eigenvalue weighted by atomic mass is 19.1. The normalized spacial score (nSPS) is 11.4. The first kappa shape index (κ1) is 19.2. The van der Waals surface area contributed by atoms with E-state index >= 15 is 0 Å². The standard InChI is InChI=1S/C21H19FN4O2/c1-13(2)5-10-20(23-4)28-15-6-9-19-17(11-24-26(19)12-15)18-8-7-16(14(3)27)21(22)25-18/h5-12H,4H2,1-3H3/b20-10+. The lowest BCUT2D eigenvalue weighted by molar-refractivity contribution is 0.101. The van der Waals surface area contributed by atoms with Gasteiger partial charge in [0.05, 0.1) is 29.2 Å². The van der Waals surface area contributed by atoms with Crippen LogP contribution < -0.4 is 4.74 Å². The van der Waals surface area contributed by atoms with Crippen molar-refractivity contribution < 1.29 is 13.9 Å². The Morgan fingerprint density at radius 2 is 2.00 bits per heavy atom. The second kappa shape index (κ2) is 7.96. The van der Waals surface area contributed by atoms with Crippen LogP contribution in [0.3, 0.4) is 0 Å². The van der Waals surface area contributed by atoms with Gasteiger partial charge < -0.3 is 4.74 Å². The van der Waals surface area contributed by atoms with E-state index in [9.17, 15) is 9.18 Å². The number of halogens is 1. The molecule has 0 fully saturated rings. The number of hydrogen-bond acceptors (Lipinski definition) is 5. The molecule has 0 saturated heterocycles. The summed E-state index contributed by atoms with van der Waals surface area (Å²) in [5.41, 5.74) is 2.82. The smallest absolute Gasteiger partial charge is 0.224 e. The van der Waals surface area contributed by atoms with Crippen LogP contribution in [0.1, 0.15) is 31.1 Å². The number of carbonyl (C=O) groups excluding carboxylic acids is 1. The van der Waals surface area contributed by atoms with Gasteiger partial charge in [0.25, 0.3) is 0 Å². The summed E-state index contributed by atoms with van der Waals surface area (Å²) >= 11 is 0. The van der Waals surface area contributed by atoms with Gasteiger partial charge in [-0.1, -0.05) is 11.6 Å². The summed E-state index contributed by atoms with van der Waals surface area (Å²) in [5, 5.41) is 4.28. The molecule has 3 heterocycles. The average Bonchev–Trinajstić information content (AvgIpc) is 3.07. The minimum Gasteiger partial charge on any atom is -0.437 e. The Kier molecular flexibility index (Phi) is 5.44. The third-order valence-corrected chi connectivity index (χ3v) is 3.93. The number of carbonyl (C=O) groups is 1. The molecule has 0 saturated carbocycles. The van der Waals surface area contributed by atoms with E-state index in [1.807, 2.05) is 19.9 Å². The van der Waals surface area contributed by atoms with Gasteiger partial charge in [-0.05, 0) is 51.8 Å². The van der Waals surface area contributed by atoms with Gasteiger partial charge in [0.15, 0.2) is 5.78 Å². The van der Waals surface area contributed by atoms with Crippen molar-refractivity contribution in [1.29, 1.82) is 0 Å². The third-order valence-electron chi connectivity index (χ3n) is 3.93. The summed E-state index contributed by atoms with van der Waals surface area (Å²) in [6, 6.07) is 6.57. The van der Waals surface area contributed by atoms with Crippen LogP contribution >= 0.6 is 0 Å². The van der Waals surface area contributed by atoms with E-state index < -0.39 is 5.95 Å². The van der Waals surface area contributed by atoms with Gasteiger partial charge in [0.1, 0.15) is 5.75 Å². The Bertz CT molecular complexity index is 1120. The first-order valence-electron chi connectivity index (χ1n) is 8.54. The fourth-order valence-corrected chi connectivity index (χ4v) is 2.55. The van der Waals surface area contributed by atoms with Gasteiger partial charge in [-0.2, -0.15) is 9.49 Å². The maximum atomic E-state index is 14.1. The highest BCUT2D eigenvalue weighted by Crippen LogP contribution is 2.26. The Morgan fingerprint density at radius 3 is 2.64 bits per heavy atom. The number of nitrogens with zero attached hydrogens (tertiary/aromatic N) is 4. The largest absolute Gasteiger partial charge is 0.437 e. The lowest BCUT2D eigenvalue weighted by Crippen LogP contribution is -2.00. The lowest BCUT2D eigenvalue weighted by atomic mass is 10.1. The van der Waals surface area contributed by atoms with Gasteiger partial charge in [-0.3, -0.25) is 4.79 Å². The van der Waals surface area contributed by atoms with Crippen molar-refractivity contribution in [3.8, 4) is 17.0 Å². The van der Waals surface area contributed by atoms with E-state index in [2.05, 4.69) is 21.8 Å². The summed E-state index contributed by atoms with van der Waals surface area (Å²) in [6.07, 6.45) is 6.87. The predicted molar refractivity (Wildman–Crippen MR) is 106 cm³/mol. The van der Waals surface area contributed by atoms with Crippen LogP contribution in [0, 0.1) is 5.95 Å². The van der Waals surface area contributed by atoms with Crippen LogP contribution in [0.25, 0.3) is 16.8 Å². The minimum absolute atomic E-state index is 0.0384. The average molecular weight is 378 g/mol. The number of ether oxygens (including phenoxy) is 1. The molecular formula is C21H19FN4O2. The zero-order chi connectivity index (χ0) is 20.3. The van der Waals surface area contributed by atoms with Gasteiger partial charge in [-0.25, -0.2) is 14.5 Å². The monoisotopic (exact) mass is 378 g/mol. The van der Waals surface area contributed by atoms with Crippen molar-refractivity contribution >= 4 is 18.0 Å². The molecule has 7 heteroatoms. The molecule has 0 aliphatic carbocycles. The molecule has 3 rings (SSSR count). The summed E-state index contributed by atoms with van der Waals surface area (Å²) < 4.78 is 21.4. The summed E-state index contributed by atoms with van der Waals surface area (Å²) in [6.45, 7) is 8.74. The number of fused-ring (bicyclic) bond motifs is 1. The molecule has 0 aliphatic rings. The maximum Gasteiger partial charge on any atom is 0.224 e. The second-order valence-corrected chi connectivity index (χ2v) is 6.35. The Labute approximate surface area is 161 Å². The Morgan fingerprint density at radius 1 is 1.21 bits per heavy atom. The highest BCUT2D eigenvalue weighted by molar-refractivity contribution is 5.94. The van der Waals surface area contributed by atoms with Crippen molar-refractivity contribution in [1.82, 2.24) is 14.6 Å². The minimum atomic E-state index is -0.796. The number of aromatic nitrogens is 3. The van der Waals surface area contributed by atoms with Crippen molar-refractivity contribution in [2.24, 2.45) is 4.99 Å². The Balaban J connectivity index is 1.94. The predicted octanol–water partition coefficient (Wildman–Crippen LogP) is 4.63. The van der Waals surface area contributed by atoms with Crippen LogP contribution in [-0.2, 0) is 0 Å². The van der Waals surface area contributed by atoms with E-state index in [0.29, 0.717) is 22.9 Å². The van der Waals surface area contributed by atoms with Crippen molar-refractivity contribution in [2.45, 2.75) is 20.8 Å². The highest BCUT2D eigenvalue weighted by Gasteiger charge is 2.14. The van der Waals surface area contributed by atoms with Crippen LogP contribution in [0.15, 0.2) is 65.3 Å². The molecule has 0 bridgehead atoms. The maximum absolute atomic E-state index is 14.1. The van der Waals surface area contributed by atoms with Crippen molar-refractivity contribution in [3.05, 3.63) is 71.8 Å². The number of allylic oxidation sites excluding steroid dienone is 3. The van der Waals surface area contributed by atoms with E-state index in [0.717, 1.165) is 11.1 Å². The molecule has 0 amide bonds. The van der Waals surface area contributed by atoms with Crippen molar-refractivity contribution in [2.75, 3.05) is 0 Å². The molecule has 0 atom stereocenters. The van der Waals surface area contributed by atoms with Gasteiger partial charge in [0.2, 0.25) is 11.8 Å². The number of Topliss-reactive ketones (excluding diaryl/α,β-unsaturated/α-hetero) is 1. The number of aliphatic imine (C=N–C) groups is 1. The van der Waals surface area contributed by atoms with Gasteiger partial charge in [-0.15, -0.1) is 0 Å². The van der Waals surface area contributed by atoms with Gasteiger partial charge >= 0.3 is 0 Å². The molecule has 142 valence electrons. The van der Waals surface area contributed by atoms with Crippen LogP contribution in [0.5, 0.6) is 5.75 Å². The molecule has 0 aromatic carbocycles. The SMILES string of the molecule is C=N/C(=C\C=C(C)C)Oc1ccc2c(-c3ccc(C(C)=O)c(F)n3)cnn2c1. The zero-order valence-electron chi connectivity index (χ0n) is 15.8. The molecule has 6 nitrogen and oxygen atoms in total. The molecule has 0 radical (unpaired) electrons. The number of pyridine rings is 2.